The molecule has 2 aromatic rings. The number of aryl methyl sites for hydroxylation is 2. The fraction of sp³-hybridized carbons (Fsp3) is 0.235. The third-order valence-electron chi connectivity index (χ3n) is 3.26. The number of benzene rings is 1. The maximum Gasteiger partial charge on any atom is 0.312 e. The number of nitrogens with zero attached hydrogens (tertiary/aromatic N) is 1. The first-order chi connectivity index (χ1) is 11.5. The number of aromatic nitrogens is 1. The van der Waals surface area contributed by atoms with Crippen LogP contribution in [-0.4, -0.2) is 30.0 Å². The molecule has 0 aliphatic carbocycles. The van der Waals surface area contributed by atoms with Crippen LogP contribution in [0.4, 0.5) is 4.79 Å². The van der Waals surface area contributed by atoms with Crippen molar-refractivity contribution < 1.29 is 9.59 Å². The zero-order valence-corrected chi connectivity index (χ0v) is 14.4. The molecule has 7 heteroatoms. The van der Waals surface area contributed by atoms with Crippen LogP contribution in [0.5, 0.6) is 0 Å². The van der Waals surface area contributed by atoms with Crippen molar-refractivity contribution >= 4 is 23.7 Å². The number of primary amides is 1. The van der Waals surface area contributed by atoms with Gasteiger partial charge in [-0.25, -0.2) is 9.78 Å². The number of urea groups is 1. The van der Waals surface area contributed by atoms with Gasteiger partial charge < -0.3 is 16.4 Å². The highest BCUT2D eigenvalue weighted by atomic mass is 32.2. The average Bonchev–Trinajstić information content (AvgIpc) is 2.54. The second kappa shape index (κ2) is 8.35. The molecule has 0 aliphatic rings. The largest absolute Gasteiger partial charge is 0.352 e. The molecular formula is C17H20N4O2S. The summed E-state index contributed by atoms with van der Waals surface area (Å²) in [7, 11) is 0. The van der Waals surface area contributed by atoms with Gasteiger partial charge in [-0.05, 0) is 37.6 Å². The van der Waals surface area contributed by atoms with Gasteiger partial charge in [0.05, 0.1) is 5.56 Å². The highest BCUT2D eigenvalue weighted by Crippen LogP contribution is 2.31. The molecule has 3 amide bonds. The van der Waals surface area contributed by atoms with E-state index in [1.807, 2.05) is 26.0 Å². The third kappa shape index (κ3) is 4.99. The maximum atomic E-state index is 12.3. The summed E-state index contributed by atoms with van der Waals surface area (Å²) in [5.74, 6) is -0.235. The van der Waals surface area contributed by atoms with E-state index in [1.54, 1.807) is 18.3 Å². The lowest BCUT2D eigenvalue weighted by atomic mass is 10.2. The van der Waals surface area contributed by atoms with Gasteiger partial charge >= 0.3 is 6.03 Å². The van der Waals surface area contributed by atoms with Gasteiger partial charge in [0.1, 0.15) is 5.03 Å². The molecule has 0 fully saturated rings. The second-order valence-electron chi connectivity index (χ2n) is 5.27. The quantitative estimate of drug-likeness (QED) is 0.700. The molecule has 1 aromatic heterocycles. The Labute approximate surface area is 145 Å². The van der Waals surface area contributed by atoms with E-state index in [1.165, 1.54) is 17.3 Å². The van der Waals surface area contributed by atoms with Crippen LogP contribution < -0.4 is 16.4 Å². The van der Waals surface area contributed by atoms with Crippen LogP contribution in [0.3, 0.4) is 0 Å². The van der Waals surface area contributed by atoms with Crippen LogP contribution in [0.2, 0.25) is 0 Å². The van der Waals surface area contributed by atoms with Crippen molar-refractivity contribution in [2.75, 3.05) is 13.1 Å². The van der Waals surface area contributed by atoms with Crippen molar-refractivity contribution in [1.29, 1.82) is 0 Å². The standard InChI is InChI=1S/C17H20N4O2S/c1-11-5-6-14(12(2)10-11)24-16-13(4-3-7-20-16)15(22)19-8-9-21-17(18)23/h3-7,10H,8-9H2,1-2H3,(H,19,22)(H3,18,21,23). The summed E-state index contributed by atoms with van der Waals surface area (Å²) >= 11 is 1.46. The number of hydrogen-bond acceptors (Lipinski definition) is 4. The zero-order valence-electron chi connectivity index (χ0n) is 13.6. The topological polar surface area (TPSA) is 97.1 Å². The van der Waals surface area contributed by atoms with E-state index in [0.717, 1.165) is 10.5 Å². The van der Waals surface area contributed by atoms with Gasteiger partial charge in [-0.2, -0.15) is 0 Å². The molecule has 0 aliphatic heterocycles. The number of nitrogens with two attached hydrogens (primary N) is 1. The predicted octanol–water partition coefficient (Wildman–Crippen LogP) is 2.25. The summed E-state index contributed by atoms with van der Waals surface area (Å²) in [6.07, 6.45) is 1.66. The molecule has 24 heavy (non-hydrogen) atoms. The molecule has 1 heterocycles. The van der Waals surface area contributed by atoms with Gasteiger partial charge in [-0.1, -0.05) is 29.5 Å². The summed E-state index contributed by atoms with van der Waals surface area (Å²) in [5.41, 5.74) is 7.81. The number of amides is 3. The van der Waals surface area contributed by atoms with Crippen LogP contribution in [-0.2, 0) is 0 Å². The molecule has 126 valence electrons. The number of carbonyl (C=O) groups excluding carboxylic acids is 2. The maximum absolute atomic E-state index is 12.3. The van der Waals surface area contributed by atoms with Crippen LogP contribution in [0.25, 0.3) is 0 Å². The zero-order chi connectivity index (χ0) is 17.5. The number of nitrogens with one attached hydrogen (secondary N) is 2. The van der Waals surface area contributed by atoms with E-state index < -0.39 is 6.03 Å². The SMILES string of the molecule is Cc1ccc(Sc2ncccc2C(=O)NCCNC(N)=O)c(C)c1. The van der Waals surface area contributed by atoms with Gasteiger partial charge in [0, 0.05) is 24.2 Å². The minimum atomic E-state index is -0.614. The van der Waals surface area contributed by atoms with E-state index in [0.29, 0.717) is 17.1 Å². The molecule has 0 radical (unpaired) electrons. The lowest BCUT2D eigenvalue weighted by Crippen LogP contribution is -2.37. The van der Waals surface area contributed by atoms with Gasteiger partial charge in [0.2, 0.25) is 0 Å². The predicted molar refractivity (Wildman–Crippen MR) is 94.2 cm³/mol. The van der Waals surface area contributed by atoms with E-state index in [9.17, 15) is 9.59 Å². The fourth-order valence-corrected chi connectivity index (χ4v) is 3.07. The Kier molecular flexibility index (Phi) is 6.20. The van der Waals surface area contributed by atoms with E-state index >= 15 is 0 Å². The fourth-order valence-electron chi connectivity index (χ4n) is 2.12. The minimum absolute atomic E-state index is 0.235. The van der Waals surface area contributed by atoms with Crippen LogP contribution in [0.1, 0.15) is 21.5 Å². The number of hydrogen-bond donors (Lipinski definition) is 3. The van der Waals surface area contributed by atoms with E-state index in [4.69, 9.17) is 5.73 Å². The van der Waals surface area contributed by atoms with E-state index in [-0.39, 0.29) is 12.5 Å². The third-order valence-corrected chi connectivity index (χ3v) is 4.46. The van der Waals surface area contributed by atoms with Crippen molar-refractivity contribution in [3.63, 3.8) is 0 Å². The Balaban J connectivity index is 2.09. The van der Waals surface area contributed by atoms with Crippen LogP contribution in [0, 0.1) is 13.8 Å². The minimum Gasteiger partial charge on any atom is -0.352 e. The molecule has 0 spiro atoms. The molecule has 0 saturated heterocycles. The molecule has 2 rings (SSSR count). The van der Waals surface area contributed by atoms with Crippen LogP contribution in [0.15, 0.2) is 46.5 Å². The summed E-state index contributed by atoms with van der Waals surface area (Å²) in [4.78, 5) is 28.3. The second-order valence-corrected chi connectivity index (χ2v) is 6.30. The lowest BCUT2D eigenvalue weighted by Gasteiger charge is -2.11. The first kappa shape index (κ1) is 17.8. The summed E-state index contributed by atoms with van der Waals surface area (Å²) < 4.78 is 0. The first-order valence-corrected chi connectivity index (χ1v) is 8.30. The van der Waals surface area contributed by atoms with Gasteiger partial charge in [0.15, 0.2) is 0 Å². The highest BCUT2D eigenvalue weighted by Gasteiger charge is 2.14. The normalized spacial score (nSPS) is 10.2. The molecule has 0 bridgehead atoms. The Bertz CT molecular complexity index is 749. The van der Waals surface area contributed by atoms with Crippen molar-refractivity contribution in [3.8, 4) is 0 Å². The summed E-state index contributed by atoms with van der Waals surface area (Å²) in [6.45, 7) is 4.65. The molecule has 6 nitrogen and oxygen atoms in total. The van der Waals surface area contributed by atoms with Crippen molar-refractivity contribution in [1.82, 2.24) is 15.6 Å². The number of pyridine rings is 1. The number of rotatable bonds is 6. The first-order valence-electron chi connectivity index (χ1n) is 7.49. The van der Waals surface area contributed by atoms with Crippen molar-refractivity contribution in [3.05, 3.63) is 53.2 Å². The average molecular weight is 344 g/mol. The summed E-state index contributed by atoms with van der Waals surface area (Å²) in [6, 6.07) is 9.01. The molecule has 0 saturated carbocycles. The molecule has 0 atom stereocenters. The molecule has 0 unspecified atom stereocenters. The van der Waals surface area contributed by atoms with Gasteiger partial charge in [-0.15, -0.1) is 0 Å². The Morgan fingerprint density at radius 1 is 1.17 bits per heavy atom. The molecule has 4 N–H and O–H groups in total. The number of carbonyl (C=O) groups is 2. The van der Waals surface area contributed by atoms with E-state index in [2.05, 4.69) is 21.7 Å². The Hall–Kier alpha value is -2.54. The van der Waals surface area contributed by atoms with Gasteiger partial charge in [0.25, 0.3) is 5.91 Å². The Morgan fingerprint density at radius 3 is 2.62 bits per heavy atom. The monoisotopic (exact) mass is 344 g/mol. The smallest absolute Gasteiger partial charge is 0.312 e. The highest BCUT2D eigenvalue weighted by molar-refractivity contribution is 7.99. The molecule has 1 aromatic carbocycles. The lowest BCUT2D eigenvalue weighted by molar-refractivity contribution is 0.0950. The summed E-state index contributed by atoms with van der Waals surface area (Å²) in [5, 5.41) is 5.81. The van der Waals surface area contributed by atoms with Gasteiger partial charge in [-0.3, -0.25) is 4.79 Å². The molecular weight excluding hydrogens is 324 g/mol. The van der Waals surface area contributed by atoms with Crippen LogP contribution >= 0.6 is 11.8 Å². The van der Waals surface area contributed by atoms with Crippen molar-refractivity contribution in [2.45, 2.75) is 23.8 Å². The van der Waals surface area contributed by atoms with Crippen molar-refractivity contribution in [2.24, 2.45) is 5.73 Å². The Morgan fingerprint density at radius 2 is 1.92 bits per heavy atom.